The first kappa shape index (κ1) is 16.0. The second-order valence-corrected chi connectivity index (χ2v) is 5.43. The number of hydrogen-bond donors (Lipinski definition) is 1. The molecule has 0 saturated heterocycles. The lowest BCUT2D eigenvalue weighted by molar-refractivity contribution is -0.116. The summed E-state index contributed by atoms with van der Waals surface area (Å²) >= 11 is 0. The van der Waals surface area contributed by atoms with Crippen molar-refractivity contribution in [1.29, 1.82) is 0 Å². The van der Waals surface area contributed by atoms with Gasteiger partial charge in [0.15, 0.2) is 0 Å². The average Bonchev–Trinajstić information content (AvgIpc) is 2.41. The zero-order valence-corrected chi connectivity index (χ0v) is 13.1. The standard InChI is InChI=1S/C18H20FNO2/c1-12-8-13(2)10-16(9-12)22-7-6-18(21)20-17-5-4-15(19)11-14(17)3/h4-5,8-11H,6-7H2,1-3H3,(H,20,21). The first-order valence-electron chi connectivity index (χ1n) is 7.21. The smallest absolute Gasteiger partial charge is 0.227 e. The van der Waals surface area contributed by atoms with Crippen molar-refractivity contribution in [2.45, 2.75) is 27.2 Å². The highest BCUT2D eigenvalue weighted by atomic mass is 19.1. The molecule has 2 aromatic carbocycles. The molecule has 0 aliphatic carbocycles. The van der Waals surface area contributed by atoms with E-state index in [0.29, 0.717) is 17.9 Å². The molecule has 22 heavy (non-hydrogen) atoms. The van der Waals surface area contributed by atoms with Crippen molar-refractivity contribution in [2.24, 2.45) is 0 Å². The molecule has 0 saturated carbocycles. The molecule has 0 aliphatic rings. The Bertz CT molecular complexity index is 663. The van der Waals surface area contributed by atoms with Crippen molar-refractivity contribution in [3.05, 3.63) is 58.9 Å². The number of halogens is 1. The van der Waals surface area contributed by atoms with Gasteiger partial charge in [-0.15, -0.1) is 0 Å². The monoisotopic (exact) mass is 301 g/mol. The van der Waals surface area contributed by atoms with Gasteiger partial charge in [-0.3, -0.25) is 4.79 Å². The molecule has 0 radical (unpaired) electrons. The van der Waals surface area contributed by atoms with Crippen LogP contribution in [-0.4, -0.2) is 12.5 Å². The number of rotatable bonds is 5. The Hall–Kier alpha value is -2.36. The van der Waals surface area contributed by atoms with E-state index in [9.17, 15) is 9.18 Å². The topological polar surface area (TPSA) is 38.3 Å². The number of hydrogen-bond acceptors (Lipinski definition) is 2. The fraction of sp³-hybridized carbons (Fsp3) is 0.278. The summed E-state index contributed by atoms with van der Waals surface area (Å²) in [6.07, 6.45) is 0.240. The number of benzene rings is 2. The fourth-order valence-corrected chi connectivity index (χ4v) is 2.26. The minimum absolute atomic E-state index is 0.154. The summed E-state index contributed by atoms with van der Waals surface area (Å²) in [6, 6.07) is 10.2. The van der Waals surface area contributed by atoms with Crippen LogP contribution in [-0.2, 0) is 4.79 Å². The van der Waals surface area contributed by atoms with E-state index in [2.05, 4.69) is 11.4 Å². The third kappa shape index (κ3) is 4.58. The zero-order chi connectivity index (χ0) is 16.1. The van der Waals surface area contributed by atoms with E-state index in [1.165, 1.54) is 12.1 Å². The number of carbonyl (C=O) groups excluding carboxylic acids is 1. The van der Waals surface area contributed by atoms with Gasteiger partial charge in [-0.1, -0.05) is 6.07 Å². The molecule has 0 fully saturated rings. The Balaban J connectivity index is 1.85. The van der Waals surface area contributed by atoms with Gasteiger partial charge in [-0.25, -0.2) is 4.39 Å². The minimum atomic E-state index is -0.311. The van der Waals surface area contributed by atoms with Gasteiger partial charge >= 0.3 is 0 Å². The molecule has 0 atom stereocenters. The summed E-state index contributed by atoms with van der Waals surface area (Å²) in [6.45, 7) is 6.06. The van der Waals surface area contributed by atoms with Gasteiger partial charge in [0.2, 0.25) is 5.91 Å². The van der Waals surface area contributed by atoms with Gasteiger partial charge in [0.25, 0.3) is 0 Å². The maximum absolute atomic E-state index is 13.0. The third-order valence-corrected chi connectivity index (χ3v) is 3.26. The molecule has 2 aromatic rings. The molecule has 0 spiro atoms. The number of aryl methyl sites for hydroxylation is 3. The van der Waals surface area contributed by atoms with E-state index in [1.807, 2.05) is 26.0 Å². The Labute approximate surface area is 130 Å². The fourth-order valence-electron chi connectivity index (χ4n) is 2.26. The van der Waals surface area contributed by atoms with E-state index in [4.69, 9.17) is 4.74 Å². The lowest BCUT2D eigenvalue weighted by Gasteiger charge is -2.10. The molecule has 1 amide bonds. The first-order chi connectivity index (χ1) is 10.4. The quantitative estimate of drug-likeness (QED) is 0.900. The second kappa shape index (κ2) is 7.07. The molecule has 4 heteroatoms. The van der Waals surface area contributed by atoms with Gasteiger partial charge in [0.1, 0.15) is 11.6 Å². The molecular formula is C18H20FNO2. The molecule has 0 aliphatic heterocycles. The van der Waals surface area contributed by atoms with Gasteiger partial charge in [0.05, 0.1) is 13.0 Å². The van der Waals surface area contributed by atoms with Crippen molar-refractivity contribution < 1.29 is 13.9 Å². The number of nitrogens with one attached hydrogen (secondary N) is 1. The van der Waals surface area contributed by atoms with E-state index in [1.54, 1.807) is 13.0 Å². The van der Waals surface area contributed by atoms with Gasteiger partial charge in [0, 0.05) is 5.69 Å². The molecule has 0 unspecified atom stereocenters. The van der Waals surface area contributed by atoms with Crippen LogP contribution in [0, 0.1) is 26.6 Å². The van der Waals surface area contributed by atoms with Crippen molar-refractivity contribution in [1.82, 2.24) is 0 Å². The van der Waals surface area contributed by atoms with Crippen LogP contribution in [0.15, 0.2) is 36.4 Å². The lowest BCUT2D eigenvalue weighted by atomic mass is 10.1. The molecule has 1 N–H and O–H groups in total. The molecule has 3 nitrogen and oxygen atoms in total. The Morgan fingerprint density at radius 2 is 1.77 bits per heavy atom. The summed E-state index contributed by atoms with van der Waals surface area (Å²) in [5, 5.41) is 2.76. The second-order valence-electron chi connectivity index (χ2n) is 5.43. The highest BCUT2D eigenvalue weighted by molar-refractivity contribution is 5.91. The van der Waals surface area contributed by atoms with Crippen LogP contribution >= 0.6 is 0 Å². The van der Waals surface area contributed by atoms with Crippen LogP contribution in [0.1, 0.15) is 23.1 Å². The normalized spacial score (nSPS) is 10.4. The summed E-state index contributed by atoms with van der Waals surface area (Å²) in [4.78, 5) is 11.9. The highest BCUT2D eigenvalue weighted by Gasteiger charge is 2.06. The van der Waals surface area contributed by atoms with Gasteiger partial charge in [-0.05, 0) is 67.8 Å². The average molecular weight is 301 g/mol. The molecule has 2 rings (SSSR count). The number of amides is 1. The van der Waals surface area contributed by atoms with E-state index in [-0.39, 0.29) is 18.1 Å². The third-order valence-electron chi connectivity index (χ3n) is 3.26. The molecule has 0 aromatic heterocycles. The van der Waals surface area contributed by atoms with Crippen molar-refractivity contribution in [2.75, 3.05) is 11.9 Å². The summed E-state index contributed by atoms with van der Waals surface area (Å²) in [7, 11) is 0. The van der Waals surface area contributed by atoms with Crippen LogP contribution < -0.4 is 10.1 Å². The Morgan fingerprint density at radius 1 is 1.09 bits per heavy atom. The Morgan fingerprint density at radius 3 is 2.41 bits per heavy atom. The van der Waals surface area contributed by atoms with Gasteiger partial charge < -0.3 is 10.1 Å². The maximum Gasteiger partial charge on any atom is 0.227 e. The molecular weight excluding hydrogens is 281 g/mol. The summed E-state index contributed by atoms with van der Waals surface area (Å²) in [5.74, 6) is 0.302. The highest BCUT2D eigenvalue weighted by Crippen LogP contribution is 2.17. The van der Waals surface area contributed by atoms with Crippen LogP contribution in [0.5, 0.6) is 5.75 Å². The van der Waals surface area contributed by atoms with E-state index >= 15 is 0 Å². The predicted octanol–water partition coefficient (Wildman–Crippen LogP) is 4.16. The van der Waals surface area contributed by atoms with Crippen molar-refractivity contribution in [3.8, 4) is 5.75 Å². The van der Waals surface area contributed by atoms with Crippen LogP contribution in [0.25, 0.3) is 0 Å². The molecule has 0 bridgehead atoms. The maximum atomic E-state index is 13.0. The summed E-state index contributed by atoms with van der Waals surface area (Å²) < 4.78 is 18.6. The van der Waals surface area contributed by atoms with Crippen LogP contribution in [0.4, 0.5) is 10.1 Å². The predicted molar refractivity (Wildman–Crippen MR) is 85.8 cm³/mol. The van der Waals surface area contributed by atoms with E-state index < -0.39 is 0 Å². The zero-order valence-electron chi connectivity index (χ0n) is 13.1. The minimum Gasteiger partial charge on any atom is -0.493 e. The van der Waals surface area contributed by atoms with Gasteiger partial charge in [-0.2, -0.15) is 0 Å². The number of carbonyl (C=O) groups is 1. The lowest BCUT2D eigenvalue weighted by Crippen LogP contribution is -2.16. The van der Waals surface area contributed by atoms with Crippen LogP contribution in [0.3, 0.4) is 0 Å². The summed E-state index contributed by atoms with van der Waals surface area (Å²) in [5.41, 5.74) is 3.57. The van der Waals surface area contributed by atoms with E-state index in [0.717, 1.165) is 16.9 Å². The van der Waals surface area contributed by atoms with Crippen LogP contribution in [0.2, 0.25) is 0 Å². The van der Waals surface area contributed by atoms with Crippen molar-refractivity contribution >= 4 is 11.6 Å². The van der Waals surface area contributed by atoms with Crippen molar-refractivity contribution in [3.63, 3.8) is 0 Å². The first-order valence-corrected chi connectivity index (χ1v) is 7.21. The SMILES string of the molecule is Cc1cc(C)cc(OCCC(=O)Nc2ccc(F)cc2C)c1. The molecule has 116 valence electrons. The largest absolute Gasteiger partial charge is 0.493 e. The number of anilines is 1. The molecule has 0 heterocycles. The number of ether oxygens (including phenoxy) is 1. The Kier molecular flexibility index (Phi) is 5.15.